The van der Waals surface area contributed by atoms with Crippen molar-refractivity contribution in [2.24, 2.45) is 11.8 Å². The quantitative estimate of drug-likeness (QED) is 0.595. The Morgan fingerprint density at radius 1 is 1.18 bits per heavy atom. The van der Waals surface area contributed by atoms with Crippen LogP contribution in [0.25, 0.3) is 5.78 Å². The van der Waals surface area contributed by atoms with Gasteiger partial charge in [0.25, 0.3) is 11.6 Å². The number of carbonyl (C=O) groups is 1. The monoisotopic (exact) mass is 481 g/mol. The van der Waals surface area contributed by atoms with Gasteiger partial charge in [0.1, 0.15) is 0 Å². The lowest BCUT2D eigenvalue weighted by atomic mass is 9.92. The van der Waals surface area contributed by atoms with Crippen LogP contribution < -0.4 is 5.32 Å². The van der Waals surface area contributed by atoms with Gasteiger partial charge in [-0.15, -0.1) is 16.4 Å². The summed E-state index contributed by atoms with van der Waals surface area (Å²) in [6.07, 6.45) is -3.49. The van der Waals surface area contributed by atoms with Crippen LogP contribution in [0.4, 0.5) is 18.3 Å². The molecule has 0 spiro atoms. The van der Waals surface area contributed by atoms with Crippen LogP contribution in [0.2, 0.25) is 0 Å². The first-order valence-corrected chi connectivity index (χ1v) is 11.6. The minimum Gasteiger partial charge on any atom is -0.302 e. The standard InChI is InChI=1S/C21H26F3N7OS/c1-11-5-12(2)8-30(7-11)9-15-10-33-20(26-15)27-17(32)6-16-13(3)25-19-28-18(21(22,23)24)29-31(19)14(16)4/h10-12H,5-9H2,1-4H3,(H,26,27,32)/t11-,12-/m1/s1. The normalized spacial score (nSPS) is 19.8. The third-order valence-corrected chi connectivity index (χ3v) is 6.57. The molecule has 0 aliphatic carbocycles. The molecule has 0 bridgehead atoms. The SMILES string of the molecule is Cc1nc2nc(C(F)(F)F)nn2c(C)c1CC(=O)Nc1nc(CN2C[C@H](C)C[C@@H](C)C2)cs1. The van der Waals surface area contributed by atoms with Gasteiger partial charge >= 0.3 is 6.18 Å². The van der Waals surface area contributed by atoms with E-state index in [4.69, 9.17) is 0 Å². The third kappa shape index (κ3) is 5.32. The van der Waals surface area contributed by atoms with E-state index in [1.807, 2.05) is 5.38 Å². The van der Waals surface area contributed by atoms with Gasteiger partial charge in [-0.3, -0.25) is 9.69 Å². The second-order valence-corrected chi connectivity index (χ2v) is 9.77. The topological polar surface area (TPSA) is 88.3 Å². The van der Waals surface area contributed by atoms with Crippen molar-refractivity contribution >= 4 is 28.2 Å². The highest BCUT2D eigenvalue weighted by Crippen LogP contribution is 2.27. The van der Waals surface area contributed by atoms with Crippen LogP contribution in [0.5, 0.6) is 0 Å². The summed E-state index contributed by atoms with van der Waals surface area (Å²) in [6.45, 7) is 10.6. The van der Waals surface area contributed by atoms with Gasteiger partial charge in [-0.2, -0.15) is 18.2 Å². The van der Waals surface area contributed by atoms with Crippen molar-refractivity contribution in [2.75, 3.05) is 18.4 Å². The van der Waals surface area contributed by atoms with Gasteiger partial charge in [-0.05, 0) is 32.1 Å². The fourth-order valence-corrected chi connectivity index (χ4v) is 5.21. The van der Waals surface area contributed by atoms with Crippen molar-refractivity contribution in [1.29, 1.82) is 0 Å². The maximum absolute atomic E-state index is 13.0. The zero-order chi connectivity index (χ0) is 23.9. The molecule has 1 fully saturated rings. The average Bonchev–Trinajstić information content (AvgIpc) is 3.31. The molecule has 33 heavy (non-hydrogen) atoms. The molecule has 0 saturated carbocycles. The number of alkyl halides is 3. The Labute approximate surface area is 193 Å². The van der Waals surface area contributed by atoms with E-state index in [9.17, 15) is 18.0 Å². The molecule has 0 radical (unpaired) electrons. The number of halogens is 3. The Kier molecular flexibility index (Phi) is 6.41. The van der Waals surface area contributed by atoms with Gasteiger partial charge < -0.3 is 5.32 Å². The van der Waals surface area contributed by atoms with Crippen LogP contribution >= 0.6 is 11.3 Å². The molecule has 3 aromatic heterocycles. The van der Waals surface area contributed by atoms with Crippen molar-refractivity contribution < 1.29 is 18.0 Å². The van der Waals surface area contributed by atoms with Crippen molar-refractivity contribution in [3.8, 4) is 0 Å². The van der Waals surface area contributed by atoms with Gasteiger partial charge in [-0.25, -0.2) is 14.5 Å². The van der Waals surface area contributed by atoms with Crippen molar-refractivity contribution in [3.05, 3.63) is 33.8 Å². The number of thiazole rings is 1. The first-order chi connectivity index (χ1) is 15.5. The van der Waals surface area contributed by atoms with Crippen molar-refractivity contribution in [1.82, 2.24) is 29.5 Å². The predicted molar refractivity (Wildman–Crippen MR) is 118 cm³/mol. The third-order valence-electron chi connectivity index (χ3n) is 5.77. The summed E-state index contributed by atoms with van der Waals surface area (Å²) in [5, 5.41) is 8.75. The van der Waals surface area contributed by atoms with E-state index in [-0.39, 0.29) is 18.1 Å². The lowest BCUT2D eigenvalue weighted by molar-refractivity contribution is -0.144. The molecular weight excluding hydrogens is 455 g/mol. The van der Waals surface area contributed by atoms with Gasteiger partial charge in [-0.1, -0.05) is 13.8 Å². The van der Waals surface area contributed by atoms with E-state index >= 15 is 0 Å². The number of nitrogens with one attached hydrogen (secondary N) is 1. The Balaban J connectivity index is 1.44. The zero-order valence-electron chi connectivity index (χ0n) is 18.9. The van der Waals surface area contributed by atoms with Gasteiger partial charge in [0.05, 0.1) is 12.1 Å². The van der Waals surface area contributed by atoms with Crippen LogP contribution in [-0.2, 0) is 23.9 Å². The largest absolute Gasteiger partial charge is 0.453 e. The number of aryl methyl sites for hydroxylation is 2. The average molecular weight is 482 g/mol. The number of carbonyl (C=O) groups excluding carboxylic acids is 1. The second-order valence-electron chi connectivity index (χ2n) is 8.92. The van der Waals surface area contributed by atoms with Crippen LogP contribution in [0, 0.1) is 25.7 Å². The highest BCUT2D eigenvalue weighted by atomic mass is 32.1. The molecule has 2 atom stereocenters. The fourth-order valence-electron chi connectivity index (χ4n) is 4.50. The first kappa shape index (κ1) is 23.6. The maximum Gasteiger partial charge on any atom is 0.453 e. The minimum absolute atomic E-state index is 0.0577. The predicted octanol–water partition coefficient (Wildman–Crippen LogP) is 3.88. The highest BCUT2D eigenvalue weighted by molar-refractivity contribution is 7.13. The molecule has 8 nitrogen and oxygen atoms in total. The molecule has 1 aliphatic rings. The number of nitrogens with zero attached hydrogens (tertiary/aromatic N) is 6. The summed E-state index contributed by atoms with van der Waals surface area (Å²) < 4.78 is 39.9. The number of hydrogen-bond acceptors (Lipinski definition) is 7. The number of amides is 1. The van der Waals surface area contributed by atoms with Crippen molar-refractivity contribution in [2.45, 2.75) is 53.3 Å². The second kappa shape index (κ2) is 8.98. The van der Waals surface area contributed by atoms with Crippen molar-refractivity contribution in [3.63, 3.8) is 0 Å². The molecule has 3 aromatic rings. The van der Waals surface area contributed by atoms with E-state index in [2.05, 4.69) is 44.1 Å². The molecule has 1 aliphatic heterocycles. The number of fused-ring (bicyclic) bond motifs is 1. The van der Waals surface area contributed by atoms with E-state index in [0.29, 0.717) is 33.9 Å². The van der Waals surface area contributed by atoms with Gasteiger partial charge in [0, 0.05) is 42.0 Å². The van der Waals surface area contributed by atoms with Crippen LogP contribution in [0.1, 0.15) is 48.7 Å². The van der Waals surface area contributed by atoms with Crippen LogP contribution in [-0.4, -0.2) is 48.5 Å². The first-order valence-electron chi connectivity index (χ1n) is 10.8. The lowest BCUT2D eigenvalue weighted by Gasteiger charge is -2.34. The summed E-state index contributed by atoms with van der Waals surface area (Å²) >= 11 is 1.36. The Hall–Kier alpha value is -2.60. The van der Waals surface area contributed by atoms with E-state index in [1.165, 1.54) is 17.8 Å². The zero-order valence-corrected chi connectivity index (χ0v) is 19.7. The molecular formula is C21H26F3N7OS. The lowest BCUT2D eigenvalue weighted by Crippen LogP contribution is -2.38. The molecule has 178 valence electrons. The molecule has 1 amide bonds. The molecule has 4 rings (SSSR count). The summed E-state index contributed by atoms with van der Waals surface area (Å²) in [5.41, 5.74) is 2.24. The minimum atomic E-state index is -4.67. The fraction of sp³-hybridized carbons (Fsp3) is 0.571. The Morgan fingerprint density at radius 3 is 2.55 bits per heavy atom. The summed E-state index contributed by atoms with van der Waals surface area (Å²) in [7, 11) is 0. The molecule has 12 heteroatoms. The molecule has 4 heterocycles. The number of likely N-dealkylation sites (tertiary alicyclic amines) is 1. The summed E-state index contributed by atoms with van der Waals surface area (Å²) in [5.74, 6) is -0.415. The number of piperidine rings is 1. The number of rotatable bonds is 5. The molecule has 1 N–H and O–H groups in total. The molecule has 0 aromatic carbocycles. The van der Waals surface area contributed by atoms with Gasteiger partial charge in [0.2, 0.25) is 5.91 Å². The van der Waals surface area contributed by atoms with E-state index in [0.717, 1.165) is 29.8 Å². The van der Waals surface area contributed by atoms with Gasteiger partial charge in [0.15, 0.2) is 5.13 Å². The highest BCUT2D eigenvalue weighted by Gasteiger charge is 2.37. The summed E-state index contributed by atoms with van der Waals surface area (Å²) in [4.78, 5) is 27.2. The smallest absolute Gasteiger partial charge is 0.302 e. The maximum atomic E-state index is 13.0. The molecule has 0 unspecified atom stereocenters. The van der Waals surface area contributed by atoms with E-state index < -0.39 is 12.0 Å². The number of aromatic nitrogens is 5. The van der Waals surface area contributed by atoms with E-state index in [1.54, 1.807) is 13.8 Å². The number of anilines is 1. The Morgan fingerprint density at radius 2 is 1.88 bits per heavy atom. The Bertz CT molecular complexity index is 1160. The van der Waals surface area contributed by atoms with Crippen LogP contribution in [0.15, 0.2) is 5.38 Å². The summed E-state index contributed by atoms with van der Waals surface area (Å²) in [6, 6.07) is 0. The molecule has 1 saturated heterocycles. The van der Waals surface area contributed by atoms with Crippen LogP contribution in [0.3, 0.4) is 0 Å². The number of hydrogen-bond donors (Lipinski definition) is 1.